The van der Waals surface area contributed by atoms with Crippen LogP contribution in [0.2, 0.25) is 0 Å². The summed E-state index contributed by atoms with van der Waals surface area (Å²) in [6, 6.07) is 3.55. The van der Waals surface area contributed by atoms with Crippen molar-refractivity contribution < 1.29 is 4.79 Å². The number of pyridine rings is 1. The first kappa shape index (κ1) is 12.4. The van der Waals surface area contributed by atoms with Crippen LogP contribution in [0.3, 0.4) is 0 Å². The maximum Gasteiger partial charge on any atom is 0.323 e. The van der Waals surface area contributed by atoms with Gasteiger partial charge in [0.2, 0.25) is 5.13 Å². The van der Waals surface area contributed by atoms with E-state index in [-0.39, 0.29) is 6.03 Å². The first-order valence-corrected chi connectivity index (χ1v) is 6.14. The molecule has 2 aromatic heterocycles. The molecule has 0 fully saturated rings. The molecule has 0 spiro atoms. The van der Waals surface area contributed by atoms with Crippen molar-refractivity contribution in [1.29, 1.82) is 0 Å². The van der Waals surface area contributed by atoms with Crippen LogP contribution in [-0.2, 0) is 6.54 Å². The van der Waals surface area contributed by atoms with Crippen molar-refractivity contribution in [3.63, 3.8) is 0 Å². The van der Waals surface area contributed by atoms with Gasteiger partial charge in [-0.1, -0.05) is 6.07 Å². The number of carbonyl (C=O) groups excluding carboxylic acids is 1. The molecule has 2 amide bonds. The third-order valence-corrected chi connectivity index (χ3v) is 2.95. The van der Waals surface area contributed by atoms with Crippen LogP contribution in [0.1, 0.15) is 11.4 Å². The fourth-order valence-electron chi connectivity index (χ4n) is 1.37. The Balaban J connectivity index is 1.93. The van der Waals surface area contributed by atoms with Gasteiger partial charge in [-0.3, -0.25) is 10.3 Å². The Kier molecular flexibility index (Phi) is 3.83. The monoisotopic (exact) mass is 263 g/mol. The smallest absolute Gasteiger partial charge is 0.323 e. The molecule has 0 atom stereocenters. The molecule has 1 N–H and O–H groups in total. The van der Waals surface area contributed by atoms with E-state index < -0.39 is 0 Å². The number of nitrogens with zero attached hydrogens (tertiary/aromatic N) is 4. The number of anilines is 1. The van der Waals surface area contributed by atoms with E-state index in [0.717, 1.165) is 5.56 Å². The lowest BCUT2D eigenvalue weighted by molar-refractivity contribution is 0.220. The topological polar surface area (TPSA) is 71.0 Å². The summed E-state index contributed by atoms with van der Waals surface area (Å²) in [5.74, 6) is 0.658. The summed E-state index contributed by atoms with van der Waals surface area (Å²) in [4.78, 5) is 21.5. The molecule has 2 rings (SSSR count). The van der Waals surface area contributed by atoms with Gasteiger partial charge in [-0.05, 0) is 18.6 Å². The molecule has 0 aliphatic carbocycles. The Morgan fingerprint density at radius 1 is 1.56 bits per heavy atom. The molecule has 0 aromatic carbocycles. The second kappa shape index (κ2) is 5.54. The van der Waals surface area contributed by atoms with Gasteiger partial charge < -0.3 is 4.90 Å². The van der Waals surface area contributed by atoms with Crippen molar-refractivity contribution in [2.45, 2.75) is 13.5 Å². The standard InChI is InChI=1S/C11H13N5OS/c1-8-13-10(18-15-8)14-11(17)16(2)7-9-4-3-5-12-6-9/h3-6H,7H2,1-2H3,(H,13,14,15,17). The molecule has 0 unspecified atom stereocenters. The first-order chi connectivity index (χ1) is 8.65. The minimum absolute atomic E-state index is 0.213. The van der Waals surface area contributed by atoms with Crippen molar-refractivity contribution in [1.82, 2.24) is 19.2 Å². The third kappa shape index (κ3) is 3.24. The normalized spacial score (nSPS) is 10.1. The Morgan fingerprint density at radius 3 is 3.00 bits per heavy atom. The highest BCUT2D eigenvalue weighted by molar-refractivity contribution is 7.09. The molecule has 6 nitrogen and oxygen atoms in total. The number of aryl methyl sites for hydroxylation is 1. The van der Waals surface area contributed by atoms with Gasteiger partial charge in [0.25, 0.3) is 0 Å². The molecule has 0 aliphatic rings. The van der Waals surface area contributed by atoms with Crippen molar-refractivity contribution in [2.24, 2.45) is 0 Å². The van der Waals surface area contributed by atoms with Crippen LogP contribution >= 0.6 is 11.5 Å². The van der Waals surface area contributed by atoms with Crippen LogP contribution in [0.4, 0.5) is 9.93 Å². The van der Waals surface area contributed by atoms with Crippen molar-refractivity contribution in [2.75, 3.05) is 12.4 Å². The second-order valence-electron chi connectivity index (χ2n) is 3.79. The third-order valence-electron chi connectivity index (χ3n) is 2.23. The minimum Gasteiger partial charge on any atom is -0.323 e. The molecule has 0 bridgehead atoms. The van der Waals surface area contributed by atoms with E-state index in [1.165, 1.54) is 11.5 Å². The van der Waals surface area contributed by atoms with Gasteiger partial charge in [0.1, 0.15) is 5.82 Å². The second-order valence-corrected chi connectivity index (χ2v) is 4.55. The van der Waals surface area contributed by atoms with Crippen LogP contribution in [0.5, 0.6) is 0 Å². The van der Waals surface area contributed by atoms with Crippen molar-refractivity contribution >= 4 is 22.7 Å². The van der Waals surface area contributed by atoms with Crippen LogP contribution in [-0.4, -0.2) is 32.3 Å². The van der Waals surface area contributed by atoms with Crippen LogP contribution in [0, 0.1) is 6.92 Å². The minimum atomic E-state index is -0.213. The van der Waals surface area contributed by atoms with E-state index >= 15 is 0 Å². The van der Waals surface area contributed by atoms with E-state index in [0.29, 0.717) is 17.5 Å². The summed E-state index contributed by atoms with van der Waals surface area (Å²) in [6.45, 7) is 2.28. The summed E-state index contributed by atoms with van der Waals surface area (Å²) < 4.78 is 4.00. The SMILES string of the molecule is Cc1nsc(NC(=O)N(C)Cc2cccnc2)n1. The predicted molar refractivity (Wildman–Crippen MR) is 69.4 cm³/mol. The van der Waals surface area contributed by atoms with Crippen LogP contribution in [0.25, 0.3) is 0 Å². The number of aromatic nitrogens is 3. The molecular formula is C11H13N5OS. The van der Waals surface area contributed by atoms with Gasteiger partial charge in [-0.2, -0.15) is 4.37 Å². The number of hydrogen-bond acceptors (Lipinski definition) is 5. The first-order valence-electron chi connectivity index (χ1n) is 5.36. The fourth-order valence-corrected chi connectivity index (χ4v) is 1.94. The predicted octanol–water partition coefficient (Wildman–Crippen LogP) is 1.91. The van der Waals surface area contributed by atoms with Gasteiger partial charge in [-0.15, -0.1) is 0 Å². The molecule has 0 saturated heterocycles. The highest BCUT2D eigenvalue weighted by atomic mass is 32.1. The van der Waals surface area contributed by atoms with E-state index in [1.807, 2.05) is 12.1 Å². The highest BCUT2D eigenvalue weighted by Gasteiger charge is 2.11. The molecule has 2 heterocycles. The summed E-state index contributed by atoms with van der Waals surface area (Å²) in [5, 5.41) is 3.20. The lowest BCUT2D eigenvalue weighted by Gasteiger charge is -2.16. The Bertz CT molecular complexity index is 527. The number of rotatable bonds is 3. The average Bonchev–Trinajstić information content (AvgIpc) is 2.76. The Labute approximate surface area is 109 Å². The summed E-state index contributed by atoms with van der Waals surface area (Å²) in [6.07, 6.45) is 3.44. The number of hydrogen-bond donors (Lipinski definition) is 1. The number of nitrogens with one attached hydrogen (secondary N) is 1. The van der Waals surface area contributed by atoms with E-state index in [2.05, 4.69) is 19.7 Å². The lowest BCUT2D eigenvalue weighted by atomic mass is 10.3. The zero-order valence-corrected chi connectivity index (χ0v) is 10.9. The Morgan fingerprint density at radius 2 is 2.39 bits per heavy atom. The number of urea groups is 1. The fraction of sp³-hybridized carbons (Fsp3) is 0.273. The van der Waals surface area contributed by atoms with Gasteiger partial charge in [0.05, 0.1) is 0 Å². The summed E-state index contributed by atoms with van der Waals surface area (Å²) >= 11 is 1.17. The largest absolute Gasteiger partial charge is 0.323 e. The van der Waals surface area contributed by atoms with Crippen molar-refractivity contribution in [3.05, 3.63) is 35.9 Å². The Hall–Kier alpha value is -2.02. The van der Waals surface area contributed by atoms with Gasteiger partial charge in [0.15, 0.2) is 0 Å². The van der Waals surface area contributed by atoms with E-state index in [1.54, 1.807) is 31.3 Å². The van der Waals surface area contributed by atoms with Crippen molar-refractivity contribution in [3.8, 4) is 0 Å². The molecular weight excluding hydrogens is 250 g/mol. The van der Waals surface area contributed by atoms with Crippen LogP contribution < -0.4 is 5.32 Å². The highest BCUT2D eigenvalue weighted by Crippen LogP contribution is 2.11. The van der Waals surface area contributed by atoms with Crippen LogP contribution in [0.15, 0.2) is 24.5 Å². The maximum atomic E-state index is 11.9. The van der Waals surface area contributed by atoms with Gasteiger partial charge >= 0.3 is 6.03 Å². The average molecular weight is 263 g/mol. The summed E-state index contributed by atoms with van der Waals surface area (Å²) in [5.41, 5.74) is 0.976. The summed E-state index contributed by atoms with van der Waals surface area (Å²) in [7, 11) is 1.72. The zero-order chi connectivity index (χ0) is 13.0. The molecule has 94 valence electrons. The number of carbonyl (C=O) groups is 1. The lowest BCUT2D eigenvalue weighted by Crippen LogP contribution is -2.30. The van der Waals surface area contributed by atoms with E-state index in [4.69, 9.17) is 0 Å². The van der Waals surface area contributed by atoms with Gasteiger partial charge in [0, 0.05) is 37.5 Å². The quantitative estimate of drug-likeness (QED) is 0.918. The molecule has 0 radical (unpaired) electrons. The molecule has 0 aliphatic heterocycles. The number of amides is 2. The maximum absolute atomic E-state index is 11.9. The molecule has 7 heteroatoms. The zero-order valence-electron chi connectivity index (χ0n) is 10.1. The molecule has 2 aromatic rings. The van der Waals surface area contributed by atoms with E-state index in [9.17, 15) is 4.79 Å². The van der Waals surface area contributed by atoms with Gasteiger partial charge in [-0.25, -0.2) is 9.78 Å². The molecule has 18 heavy (non-hydrogen) atoms. The molecule has 0 saturated carbocycles.